The largest absolute Gasteiger partial charge is 0.310 e. The second kappa shape index (κ2) is 5.62. The van der Waals surface area contributed by atoms with Crippen LogP contribution in [0.3, 0.4) is 0 Å². The number of piperidine rings is 1. The maximum atomic E-state index is 11.6. The Bertz CT molecular complexity index is 624. The van der Waals surface area contributed by atoms with Gasteiger partial charge in [0.05, 0.1) is 17.6 Å². The Morgan fingerprint density at radius 3 is 2.67 bits per heavy atom. The fourth-order valence-corrected chi connectivity index (χ4v) is 4.16. The first-order valence-corrected chi connectivity index (χ1v) is 9.31. The molecule has 3 heterocycles. The van der Waals surface area contributed by atoms with E-state index in [0.717, 1.165) is 37.2 Å². The number of aromatic nitrogens is 2. The van der Waals surface area contributed by atoms with E-state index in [1.54, 1.807) is 10.6 Å². The van der Waals surface area contributed by atoms with Crippen LogP contribution in [0.4, 0.5) is 0 Å². The van der Waals surface area contributed by atoms with Crippen molar-refractivity contribution in [2.75, 3.05) is 19.3 Å². The van der Waals surface area contributed by atoms with Crippen LogP contribution in [0.1, 0.15) is 42.6 Å². The van der Waals surface area contributed by atoms with Gasteiger partial charge in [-0.25, -0.2) is 22.7 Å². The Hall–Kier alpha value is -1.05. The van der Waals surface area contributed by atoms with E-state index in [9.17, 15) is 8.42 Å². The molecule has 0 unspecified atom stereocenters. The second-order valence-electron chi connectivity index (χ2n) is 6.11. The molecule has 0 amide bonds. The van der Waals surface area contributed by atoms with Gasteiger partial charge in [-0.05, 0) is 19.8 Å². The maximum Gasteiger partial charge on any atom is 0.211 e. The van der Waals surface area contributed by atoms with Crippen molar-refractivity contribution >= 4 is 10.0 Å². The zero-order valence-corrected chi connectivity index (χ0v) is 13.4. The molecule has 2 aliphatic heterocycles. The average Bonchev–Trinajstić information content (AvgIpc) is 2.45. The van der Waals surface area contributed by atoms with Gasteiger partial charge in [-0.1, -0.05) is 0 Å². The van der Waals surface area contributed by atoms with Crippen molar-refractivity contribution in [1.29, 1.82) is 0 Å². The third-order valence-electron chi connectivity index (χ3n) is 4.50. The van der Waals surface area contributed by atoms with Crippen molar-refractivity contribution < 1.29 is 8.42 Å². The molecule has 0 aromatic carbocycles. The van der Waals surface area contributed by atoms with Gasteiger partial charge in [0, 0.05) is 43.6 Å². The highest BCUT2D eigenvalue weighted by molar-refractivity contribution is 7.88. The van der Waals surface area contributed by atoms with Crippen molar-refractivity contribution in [2.45, 2.75) is 44.7 Å². The van der Waals surface area contributed by atoms with Crippen molar-refractivity contribution in [2.24, 2.45) is 0 Å². The van der Waals surface area contributed by atoms with Crippen LogP contribution in [0.2, 0.25) is 0 Å². The SMILES string of the molecule is C[C@@H]1Cc2ncnc(C3CCN(S(C)(=O)=O)CC3)c2CN1. The summed E-state index contributed by atoms with van der Waals surface area (Å²) in [5.74, 6) is 0.343. The van der Waals surface area contributed by atoms with Gasteiger partial charge in [-0.15, -0.1) is 0 Å². The molecular weight excluding hydrogens is 288 g/mol. The van der Waals surface area contributed by atoms with Gasteiger partial charge >= 0.3 is 0 Å². The van der Waals surface area contributed by atoms with Crippen molar-refractivity contribution in [3.05, 3.63) is 23.3 Å². The molecule has 0 spiro atoms. The van der Waals surface area contributed by atoms with E-state index in [1.165, 1.54) is 11.8 Å². The monoisotopic (exact) mass is 310 g/mol. The summed E-state index contributed by atoms with van der Waals surface area (Å²) in [6.45, 7) is 4.16. The summed E-state index contributed by atoms with van der Waals surface area (Å²) in [5, 5.41) is 3.46. The normalized spacial score (nSPS) is 24.8. The van der Waals surface area contributed by atoms with Gasteiger partial charge in [0.25, 0.3) is 0 Å². The standard InChI is InChI=1S/C14H22N4O2S/c1-10-7-13-12(8-15-10)14(17-9-16-13)11-3-5-18(6-4-11)21(2,19)20/h9-11,15H,3-8H2,1-2H3/t10-/m1/s1. The van der Waals surface area contributed by atoms with E-state index in [4.69, 9.17) is 0 Å². The highest BCUT2D eigenvalue weighted by atomic mass is 32.2. The number of hydrogen-bond acceptors (Lipinski definition) is 5. The van der Waals surface area contributed by atoms with E-state index in [-0.39, 0.29) is 0 Å². The van der Waals surface area contributed by atoms with Gasteiger partial charge in [0.1, 0.15) is 6.33 Å². The summed E-state index contributed by atoms with van der Waals surface area (Å²) in [7, 11) is -3.07. The maximum absolute atomic E-state index is 11.6. The first kappa shape index (κ1) is 14.9. The second-order valence-corrected chi connectivity index (χ2v) is 8.09. The molecule has 7 heteroatoms. The third kappa shape index (κ3) is 3.09. The molecule has 0 aliphatic carbocycles. The first-order valence-electron chi connectivity index (χ1n) is 7.46. The molecule has 0 saturated carbocycles. The van der Waals surface area contributed by atoms with Crippen molar-refractivity contribution in [1.82, 2.24) is 19.6 Å². The van der Waals surface area contributed by atoms with E-state index in [1.807, 2.05) is 0 Å². The smallest absolute Gasteiger partial charge is 0.211 e. The summed E-state index contributed by atoms with van der Waals surface area (Å²) in [4.78, 5) is 8.93. The lowest BCUT2D eigenvalue weighted by Gasteiger charge is -2.32. The van der Waals surface area contributed by atoms with Gasteiger partial charge in [0.2, 0.25) is 10.0 Å². The number of fused-ring (bicyclic) bond motifs is 1. The summed E-state index contributed by atoms with van der Waals surface area (Å²) >= 11 is 0. The molecule has 0 radical (unpaired) electrons. The van der Waals surface area contributed by atoms with Gasteiger partial charge in [0.15, 0.2) is 0 Å². The zero-order valence-electron chi connectivity index (χ0n) is 12.5. The minimum Gasteiger partial charge on any atom is -0.310 e. The lowest BCUT2D eigenvalue weighted by atomic mass is 9.88. The van der Waals surface area contributed by atoms with Crippen LogP contribution in [-0.2, 0) is 23.0 Å². The van der Waals surface area contributed by atoms with E-state index in [0.29, 0.717) is 25.0 Å². The van der Waals surface area contributed by atoms with E-state index >= 15 is 0 Å². The molecular formula is C14H22N4O2S. The summed E-state index contributed by atoms with van der Waals surface area (Å²) in [6, 6.07) is 0.451. The van der Waals surface area contributed by atoms with Gasteiger partial charge in [-0.2, -0.15) is 0 Å². The lowest BCUT2D eigenvalue weighted by molar-refractivity contribution is 0.316. The zero-order chi connectivity index (χ0) is 15.0. The Labute approximate surface area is 126 Å². The van der Waals surface area contributed by atoms with Gasteiger partial charge < -0.3 is 5.32 Å². The Balaban J connectivity index is 1.79. The number of nitrogens with zero attached hydrogens (tertiary/aromatic N) is 3. The molecule has 1 N–H and O–H groups in total. The predicted octanol–water partition coefficient (Wildman–Crippen LogP) is 0.650. The summed E-state index contributed by atoms with van der Waals surface area (Å²) in [5.41, 5.74) is 3.50. The molecule has 1 atom stereocenters. The minimum atomic E-state index is -3.07. The van der Waals surface area contributed by atoms with Crippen molar-refractivity contribution in [3.8, 4) is 0 Å². The molecule has 6 nitrogen and oxygen atoms in total. The fourth-order valence-electron chi connectivity index (χ4n) is 3.28. The van der Waals surface area contributed by atoms with Crippen LogP contribution in [0.25, 0.3) is 0 Å². The average molecular weight is 310 g/mol. The fraction of sp³-hybridized carbons (Fsp3) is 0.714. The van der Waals surface area contributed by atoms with Crippen LogP contribution < -0.4 is 5.32 Å². The van der Waals surface area contributed by atoms with Crippen LogP contribution in [0.5, 0.6) is 0 Å². The molecule has 2 aliphatic rings. The number of hydrogen-bond donors (Lipinski definition) is 1. The van der Waals surface area contributed by atoms with E-state index in [2.05, 4.69) is 22.2 Å². The van der Waals surface area contributed by atoms with Crippen LogP contribution in [-0.4, -0.2) is 48.1 Å². The van der Waals surface area contributed by atoms with E-state index < -0.39 is 10.0 Å². The van der Waals surface area contributed by atoms with Crippen LogP contribution in [0.15, 0.2) is 6.33 Å². The quantitative estimate of drug-likeness (QED) is 0.868. The Morgan fingerprint density at radius 2 is 2.00 bits per heavy atom. The third-order valence-corrected chi connectivity index (χ3v) is 5.81. The number of sulfonamides is 1. The molecule has 1 aromatic heterocycles. The number of rotatable bonds is 2. The Morgan fingerprint density at radius 1 is 1.29 bits per heavy atom. The molecule has 116 valence electrons. The molecule has 3 rings (SSSR count). The molecule has 1 aromatic rings. The topological polar surface area (TPSA) is 75.2 Å². The Kier molecular flexibility index (Phi) is 3.98. The highest BCUT2D eigenvalue weighted by Crippen LogP contribution is 2.31. The molecule has 0 bridgehead atoms. The number of nitrogens with one attached hydrogen (secondary N) is 1. The first-order chi connectivity index (χ1) is 9.95. The van der Waals surface area contributed by atoms with Crippen LogP contribution >= 0.6 is 0 Å². The predicted molar refractivity (Wildman–Crippen MR) is 80.4 cm³/mol. The minimum absolute atomic E-state index is 0.343. The summed E-state index contributed by atoms with van der Waals surface area (Å²) < 4.78 is 24.7. The molecule has 21 heavy (non-hydrogen) atoms. The molecule has 1 fully saturated rings. The van der Waals surface area contributed by atoms with Gasteiger partial charge in [-0.3, -0.25) is 0 Å². The molecule has 1 saturated heterocycles. The highest BCUT2D eigenvalue weighted by Gasteiger charge is 2.29. The lowest BCUT2D eigenvalue weighted by Crippen LogP contribution is -2.38. The van der Waals surface area contributed by atoms with Crippen molar-refractivity contribution in [3.63, 3.8) is 0 Å². The summed E-state index contributed by atoms with van der Waals surface area (Å²) in [6.07, 6.45) is 5.56. The van der Waals surface area contributed by atoms with Crippen LogP contribution in [0, 0.1) is 0 Å².